The molecule has 0 bridgehead atoms. The Balaban J connectivity index is 0.000000975. The van der Waals surface area contributed by atoms with Crippen LogP contribution in [0.5, 0.6) is 0 Å². The summed E-state index contributed by atoms with van der Waals surface area (Å²) in [5.74, 6) is -0.275. The second-order valence-electron chi connectivity index (χ2n) is 6.37. The number of anilines is 1. The van der Waals surface area contributed by atoms with Crippen LogP contribution in [0.1, 0.15) is 56.4 Å². The molecule has 0 aromatic heterocycles. The molecular formula is C25H36FN3. The van der Waals surface area contributed by atoms with Crippen LogP contribution in [0.15, 0.2) is 49.1 Å². The van der Waals surface area contributed by atoms with Crippen molar-refractivity contribution in [2.45, 2.75) is 40.5 Å². The molecule has 0 aliphatic rings. The van der Waals surface area contributed by atoms with Crippen molar-refractivity contribution in [2.24, 2.45) is 0 Å². The summed E-state index contributed by atoms with van der Waals surface area (Å²) in [7, 11) is 1.93. The molecule has 0 saturated heterocycles. The summed E-state index contributed by atoms with van der Waals surface area (Å²) in [6, 6.07) is 9.85. The second kappa shape index (κ2) is 15.2. The minimum atomic E-state index is -0.275. The summed E-state index contributed by atoms with van der Waals surface area (Å²) in [6.07, 6.45) is 7.26. The molecule has 0 amide bonds. The maximum atomic E-state index is 12.9. The van der Waals surface area contributed by atoms with Crippen molar-refractivity contribution in [1.82, 2.24) is 5.32 Å². The van der Waals surface area contributed by atoms with Crippen molar-refractivity contribution in [3.8, 4) is 0 Å². The van der Waals surface area contributed by atoms with Crippen LogP contribution in [-0.4, -0.2) is 19.3 Å². The Morgan fingerprint density at radius 2 is 1.66 bits per heavy atom. The van der Waals surface area contributed by atoms with E-state index >= 15 is 0 Å². The molecule has 2 aromatic rings. The average Bonchev–Trinajstić information content (AvgIpc) is 2.73. The van der Waals surface area contributed by atoms with E-state index < -0.39 is 0 Å². The van der Waals surface area contributed by atoms with Crippen molar-refractivity contribution >= 4 is 23.6 Å². The smallest absolute Gasteiger partial charge is 0.123 e. The highest BCUT2D eigenvalue weighted by atomic mass is 19.1. The molecule has 0 heterocycles. The quantitative estimate of drug-likeness (QED) is 0.393. The number of rotatable bonds is 6. The fourth-order valence-corrected chi connectivity index (χ4v) is 2.41. The van der Waals surface area contributed by atoms with Crippen LogP contribution in [0.3, 0.4) is 0 Å². The van der Waals surface area contributed by atoms with Gasteiger partial charge in [0, 0.05) is 11.3 Å². The van der Waals surface area contributed by atoms with Crippen LogP contribution in [0.2, 0.25) is 0 Å². The molecule has 2 aromatic carbocycles. The van der Waals surface area contributed by atoms with Crippen LogP contribution in [0.4, 0.5) is 10.1 Å². The zero-order valence-corrected chi connectivity index (χ0v) is 18.5. The molecule has 0 fully saturated rings. The number of nitrogen functional groups attached to an aromatic ring is 1. The molecule has 0 unspecified atom stereocenters. The van der Waals surface area contributed by atoms with Crippen molar-refractivity contribution in [3.63, 3.8) is 0 Å². The van der Waals surface area contributed by atoms with Gasteiger partial charge in [0.05, 0.1) is 5.71 Å². The fraction of sp³-hybridized carbons (Fsp3) is 0.320. The zero-order chi connectivity index (χ0) is 22.2. The summed E-state index contributed by atoms with van der Waals surface area (Å²) in [5, 5.41) is 11.2. The highest BCUT2D eigenvalue weighted by Gasteiger charge is 2.11. The topological polar surface area (TPSA) is 61.9 Å². The normalized spacial score (nSPS) is 9.86. The van der Waals surface area contributed by atoms with Gasteiger partial charge in [0.1, 0.15) is 5.82 Å². The molecule has 0 aliphatic carbocycles. The van der Waals surface area contributed by atoms with Gasteiger partial charge in [0.15, 0.2) is 0 Å². The Bertz CT molecular complexity index is 775. The van der Waals surface area contributed by atoms with Gasteiger partial charge in [-0.2, -0.15) is 0 Å². The third-order valence-corrected chi connectivity index (χ3v) is 3.89. The molecule has 0 spiro atoms. The lowest BCUT2D eigenvalue weighted by molar-refractivity contribution is 0.628. The molecule has 0 radical (unpaired) electrons. The van der Waals surface area contributed by atoms with Gasteiger partial charge < -0.3 is 16.5 Å². The number of nitrogens with one attached hydrogen (secondary N) is 2. The van der Waals surface area contributed by atoms with Crippen LogP contribution < -0.4 is 11.1 Å². The number of hydrogen-bond donors (Lipinski definition) is 3. The van der Waals surface area contributed by atoms with E-state index in [1.807, 2.05) is 20.0 Å². The summed E-state index contributed by atoms with van der Waals surface area (Å²) in [5.41, 5.74) is 10.5. The lowest BCUT2D eigenvalue weighted by atomic mass is 9.93. The van der Waals surface area contributed by atoms with Gasteiger partial charge in [-0.1, -0.05) is 71.0 Å². The average molecular weight is 398 g/mol. The molecule has 4 heteroatoms. The van der Waals surface area contributed by atoms with E-state index in [1.54, 1.807) is 36.4 Å². The third kappa shape index (κ3) is 9.35. The summed E-state index contributed by atoms with van der Waals surface area (Å²) < 4.78 is 12.9. The van der Waals surface area contributed by atoms with Crippen molar-refractivity contribution < 1.29 is 4.39 Å². The molecule has 158 valence electrons. The number of halogens is 1. The standard InChI is InChI=1S/C19H19FN2.C3H9N.C3H8/c1-3-14-8-12-18(22)19(16(14)4-2)17(21)11-7-13-5-9-15(20)10-6-13;1-3-4-2;1-3-2/h3,5-12,21H,1,4,22H2,2H3;4H,3H2,1-2H3;3H2,1-2H3/b11-7+,21-17?;;. The number of allylic oxidation sites excluding steroid dienone is 1. The molecule has 0 atom stereocenters. The summed E-state index contributed by atoms with van der Waals surface area (Å²) in [6.45, 7) is 13.2. The van der Waals surface area contributed by atoms with Gasteiger partial charge in [0.25, 0.3) is 0 Å². The Hall–Kier alpha value is -2.72. The molecule has 3 nitrogen and oxygen atoms in total. The van der Waals surface area contributed by atoms with Crippen molar-refractivity contribution in [3.05, 3.63) is 77.1 Å². The number of hydrogen-bond acceptors (Lipinski definition) is 3. The molecule has 29 heavy (non-hydrogen) atoms. The minimum Gasteiger partial charge on any atom is -0.398 e. The summed E-state index contributed by atoms with van der Waals surface area (Å²) in [4.78, 5) is 0. The van der Waals surface area contributed by atoms with E-state index in [0.717, 1.165) is 35.2 Å². The number of benzene rings is 2. The van der Waals surface area contributed by atoms with E-state index in [1.165, 1.54) is 18.6 Å². The monoisotopic (exact) mass is 397 g/mol. The van der Waals surface area contributed by atoms with Crippen molar-refractivity contribution in [2.75, 3.05) is 19.3 Å². The van der Waals surface area contributed by atoms with E-state index in [9.17, 15) is 4.39 Å². The minimum absolute atomic E-state index is 0.275. The SMILES string of the molecule is C=Cc1ccc(N)c(C(=N)/C=C/c2ccc(F)cc2)c1CC.CCC.CCNC. The summed E-state index contributed by atoms with van der Waals surface area (Å²) >= 11 is 0. The molecule has 4 N–H and O–H groups in total. The van der Waals surface area contributed by atoms with E-state index in [-0.39, 0.29) is 5.82 Å². The Labute approximate surface area is 176 Å². The van der Waals surface area contributed by atoms with Gasteiger partial charge in [-0.3, -0.25) is 0 Å². The largest absolute Gasteiger partial charge is 0.398 e. The first-order valence-corrected chi connectivity index (χ1v) is 10.1. The van der Waals surface area contributed by atoms with Crippen LogP contribution in [0.25, 0.3) is 12.2 Å². The van der Waals surface area contributed by atoms with Crippen LogP contribution in [0, 0.1) is 11.2 Å². The lowest BCUT2D eigenvalue weighted by Gasteiger charge is -2.13. The van der Waals surface area contributed by atoms with Crippen LogP contribution in [-0.2, 0) is 6.42 Å². The fourth-order valence-electron chi connectivity index (χ4n) is 2.41. The maximum absolute atomic E-state index is 12.9. The lowest BCUT2D eigenvalue weighted by Crippen LogP contribution is -2.07. The van der Waals surface area contributed by atoms with Gasteiger partial charge >= 0.3 is 0 Å². The molecule has 2 rings (SSSR count). The predicted molar refractivity (Wildman–Crippen MR) is 128 cm³/mol. The highest BCUT2D eigenvalue weighted by molar-refractivity contribution is 6.13. The van der Waals surface area contributed by atoms with Gasteiger partial charge in [-0.25, -0.2) is 4.39 Å². The highest BCUT2D eigenvalue weighted by Crippen LogP contribution is 2.24. The molecule has 0 saturated carbocycles. The Morgan fingerprint density at radius 1 is 1.10 bits per heavy atom. The van der Waals surface area contributed by atoms with Crippen LogP contribution >= 0.6 is 0 Å². The van der Waals surface area contributed by atoms with Gasteiger partial charge in [-0.05, 0) is 61.0 Å². The zero-order valence-electron chi connectivity index (χ0n) is 18.5. The number of nitrogens with two attached hydrogens (primary N) is 1. The van der Waals surface area contributed by atoms with E-state index in [4.69, 9.17) is 11.1 Å². The first-order valence-electron chi connectivity index (χ1n) is 10.1. The Morgan fingerprint density at radius 3 is 2.10 bits per heavy atom. The first-order chi connectivity index (χ1) is 13.9. The van der Waals surface area contributed by atoms with Gasteiger partial charge in [-0.15, -0.1) is 0 Å². The predicted octanol–water partition coefficient (Wildman–Crippen LogP) is 6.34. The molecule has 0 aliphatic heterocycles. The van der Waals surface area contributed by atoms with E-state index in [2.05, 4.69) is 32.7 Å². The Kier molecular flexibility index (Phi) is 13.8. The first kappa shape index (κ1) is 26.3. The maximum Gasteiger partial charge on any atom is 0.123 e. The van der Waals surface area contributed by atoms with E-state index in [0.29, 0.717) is 11.4 Å². The van der Waals surface area contributed by atoms with Gasteiger partial charge in [0.2, 0.25) is 0 Å². The second-order valence-corrected chi connectivity index (χ2v) is 6.37. The third-order valence-electron chi connectivity index (χ3n) is 3.89. The molecular weight excluding hydrogens is 361 g/mol. The van der Waals surface area contributed by atoms with Crippen molar-refractivity contribution in [1.29, 1.82) is 5.41 Å².